The maximum absolute atomic E-state index is 12.4. The van der Waals surface area contributed by atoms with Crippen LogP contribution in [0.5, 0.6) is 0 Å². The molecule has 0 fully saturated rings. The van der Waals surface area contributed by atoms with Crippen molar-refractivity contribution in [1.29, 1.82) is 0 Å². The molecule has 5 heteroatoms. The van der Waals surface area contributed by atoms with Crippen LogP contribution in [0.25, 0.3) is 11.6 Å². The second-order valence-corrected chi connectivity index (χ2v) is 7.73. The highest BCUT2D eigenvalue weighted by atomic mass is 32.1. The summed E-state index contributed by atoms with van der Waals surface area (Å²) in [6.07, 6.45) is 1.81. The van der Waals surface area contributed by atoms with Crippen molar-refractivity contribution in [3.8, 4) is 0 Å². The quantitative estimate of drug-likeness (QED) is 0.597. The van der Waals surface area contributed by atoms with Gasteiger partial charge >= 0.3 is 5.97 Å². The normalized spacial score (nSPS) is 12.2. The molecule has 0 bridgehead atoms. The molecule has 0 saturated heterocycles. The smallest absolute Gasteiger partial charge is 0.340 e. The van der Waals surface area contributed by atoms with Gasteiger partial charge in [0.25, 0.3) is 0 Å². The van der Waals surface area contributed by atoms with Gasteiger partial charge in [0, 0.05) is 15.2 Å². The summed E-state index contributed by atoms with van der Waals surface area (Å²) in [6, 6.07) is 7.62. The molecule has 0 aromatic carbocycles. The Morgan fingerprint density at radius 2 is 1.82 bits per heavy atom. The van der Waals surface area contributed by atoms with Crippen LogP contribution in [0.1, 0.15) is 30.5 Å². The van der Waals surface area contributed by atoms with Gasteiger partial charge in [-0.2, -0.15) is 0 Å². The molecule has 3 nitrogen and oxygen atoms in total. The van der Waals surface area contributed by atoms with Crippen molar-refractivity contribution < 1.29 is 14.3 Å². The minimum atomic E-state index is -0.513. The molecule has 2 aromatic heterocycles. The van der Waals surface area contributed by atoms with Gasteiger partial charge in [0.15, 0.2) is 12.4 Å². The molecular weight excluding hydrogens is 316 g/mol. The Bertz CT molecular complexity index is 659. The van der Waals surface area contributed by atoms with Crippen molar-refractivity contribution in [3.05, 3.63) is 44.8 Å². The first-order valence-corrected chi connectivity index (χ1v) is 8.63. The summed E-state index contributed by atoms with van der Waals surface area (Å²) in [5, 5.41) is 3.86. The molecule has 0 unspecified atom stereocenters. The molecule has 0 radical (unpaired) electrons. The topological polar surface area (TPSA) is 43.4 Å². The molecule has 22 heavy (non-hydrogen) atoms. The zero-order chi connectivity index (χ0) is 16.2. The second kappa shape index (κ2) is 7.03. The van der Waals surface area contributed by atoms with Crippen LogP contribution in [0, 0.1) is 5.41 Å². The molecule has 2 heterocycles. The van der Waals surface area contributed by atoms with Gasteiger partial charge in [-0.15, -0.1) is 22.7 Å². The fourth-order valence-corrected chi connectivity index (χ4v) is 2.99. The third-order valence-electron chi connectivity index (χ3n) is 3.01. The van der Waals surface area contributed by atoms with Gasteiger partial charge in [0.1, 0.15) is 0 Å². The van der Waals surface area contributed by atoms with Crippen molar-refractivity contribution in [2.24, 2.45) is 5.41 Å². The molecule has 2 aromatic rings. The number of thiophene rings is 2. The van der Waals surface area contributed by atoms with E-state index in [0.29, 0.717) is 5.57 Å². The highest BCUT2D eigenvalue weighted by Gasteiger charge is 2.24. The number of carbonyl (C=O) groups is 2. The fourth-order valence-electron chi connectivity index (χ4n) is 1.60. The lowest BCUT2D eigenvalue weighted by atomic mass is 9.91. The SMILES string of the molecule is CC(C)(C)C(=O)COC(=O)C(=Cc1cccs1)c1cccs1. The number of ether oxygens (including phenoxy) is 1. The third-order valence-corrected chi connectivity index (χ3v) is 4.73. The van der Waals surface area contributed by atoms with E-state index >= 15 is 0 Å². The molecule has 2 rings (SSSR count). The lowest BCUT2D eigenvalue weighted by Gasteiger charge is -2.16. The summed E-state index contributed by atoms with van der Waals surface area (Å²) < 4.78 is 5.22. The minimum Gasteiger partial charge on any atom is -0.454 e. The lowest BCUT2D eigenvalue weighted by Crippen LogP contribution is -2.26. The minimum absolute atomic E-state index is 0.0949. The zero-order valence-electron chi connectivity index (χ0n) is 12.8. The Morgan fingerprint density at radius 1 is 1.14 bits per heavy atom. The zero-order valence-corrected chi connectivity index (χ0v) is 14.4. The van der Waals surface area contributed by atoms with E-state index in [0.717, 1.165) is 9.75 Å². The number of esters is 1. The monoisotopic (exact) mass is 334 g/mol. The van der Waals surface area contributed by atoms with Crippen LogP contribution in [0.4, 0.5) is 0 Å². The van der Waals surface area contributed by atoms with E-state index < -0.39 is 11.4 Å². The van der Waals surface area contributed by atoms with Gasteiger partial charge in [-0.25, -0.2) is 4.79 Å². The lowest BCUT2D eigenvalue weighted by molar-refractivity contribution is -0.144. The largest absolute Gasteiger partial charge is 0.454 e. The summed E-state index contributed by atoms with van der Waals surface area (Å²) in [6.45, 7) is 5.23. The Morgan fingerprint density at radius 3 is 2.36 bits per heavy atom. The van der Waals surface area contributed by atoms with Crippen LogP contribution >= 0.6 is 22.7 Å². The number of rotatable bonds is 5. The predicted octanol–water partition coefficient (Wildman–Crippen LogP) is 4.51. The molecule has 0 atom stereocenters. The Balaban J connectivity index is 2.16. The summed E-state index contributed by atoms with van der Waals surface area (Å²) in [7, 11) is 0. The first-order chi connectivity index (χ1) is 10.4. The first-order valence-electron chi connectivity index (χ1n) is 6.87. The van der Waals surface area contributed by atoms with E-state index in [2.05, 4.69) is 0 Å². The average molecular weight is 334 g/mol. The number of hydrogen-bond acceptors (Lipinski definition) is 5. The number of Topliss-reactive ketones (excluding diaryl/α,β-unsaturated/α-hetero) is 1. The molecule has 0 amide bonds. The Hall–Kier alpha value is -1.72. The first kappa shape index (κ1) is 16.6. The maximum atomic E-state index is 12.4. The Labute approximate surface area is 138 Å². The van der Waals surface area contributed by atoms with Crippen molar-refractivity contribution in [3.63, 3.8) is 0 Å². The van der Waals surface area contributed by atoms with Gasteiger partial charge in [-0.1, -0.05) is 32.9 Å². The molecule has 0 aliphatic carbocycles. The standard InChI is InChI=1S/C17H18O3S2/c1-17(2,3)15(18)11-20-16(19)13(14-7-5-9-22-14)10-12-6-4-8-21-12/h4-10H,11H2,1-3H3. The Kier molecular flexibility index (Phi) is 5.32. The molecule has 116 valence electrons. The van der Waals surface area contributed by atoms with Gasteiger partial charge < -0.3 is 4.74 Å². The van der Waals surface area contributed by atoms with Crippen molar-refractivity contribution in [2.75, 3.05) is 6.61 Å². The highest BCUT2D eigenvalue weighted by Crippen LogP contribution is 2.26. The predicted molar refractivity (Wildman–Crippen MR) is 91.9 cm³/mol. The fraction of sp³-hybridized carbons (Fsp3) is 0.294. The summed E-state index contributed by atoms with van der Waals surface area (Å²) >= 11 is 3.02. The van der Waals surface area contributed by atoms with Crippen LogP contribution in [-0.2, 0) is 14.3 Å². The second-order valence-electron chi connectivity index (χ2n) is 5.80. The molecule has 0 spiro atoms. The maximum Gasteiger partial charge on any atom is 0.340 e. The van der Waals surface area contributed by atoms with Gasteiger partial charge in [-0.3, -0.25) is 4.79 Å². The van der Waals surface area contributed by atoms with E-state index in [4.69, 9.17) is 4.74 Å². The molecular formula is C17H18O3S2. The van der Waals surface area contributed by atoms with Gasteiger partial charge in [0.05, 0.1) is 5.57 Å². The van der Waals surface area contributed by atoms with E-state index in [1.54, 1.807) is 17.4 Å². The van der Waals surface area contributed by atoms with Crippen LogP contribution in [0.2, 0.25) is 0 Å². The molecule has 0 aliphatic heterocycles. The summed E-state index contributed by atoms with van der Waals surface area (Å²) in [5.41, 5.74) is -0.0277. The van der Waals surface area contributed by atoms with Crippen LogP contribution in [0.15, 0.2) is 35.0 Å². The molecule has 0 aliphatic rings. The average Bonchev–Trinajstić information content (AvgIpc) is 3.13. The van der Waals surface area contributed by atoms with E-state index in [-0.39, 0.29) is 12.4 Å². The summed E-state index contributed by atoms with van der Waals surface area (Å²) in [5.74, 6) is -0.559. The van der Waals surface area contributed by atoms with Gasteiger partial charge in [0.2, 0.25) is 0 Å². The molecule has 0 saturated carbocycles. The van der Waals surface area contributed by atoms with Crippen molar-refractivity contribution >= 4 is 46.1 Å². The van der Waals surface area contributed by atoms with Crippen LogP contribution in [0.3, 0.4) is 0 Å². The van der Waals surface area contributed by atoms with Crippen molar-refractivity contribution in [2.45, 2.75) is 20.8 Å². The third kappa shape index (κ3) is 4.39. The molecule has 0 N–H and O–H groups in total. The van der Waals surface area contributed by atoms with E-state index in [9.17, 15) is 9.59 Å². The number of hydrogen-bond donors (Lipinski definition) is 0. The van der Waals surface area contributed by atoms with Crippen LogP contribution < -0.4 is 0 Å². The van der Waals surface area contributed by atoms with Crippen molar-refractivity contribution in [1.82, 2.24) is 0 Å². The van der Waals surface area contributed by atoms with E-state index in [1.165, 1.54) is 11.3 Å². The number of ketones is 1. The van der Waals surface area contributed by atoms with Crippen LogP contribution in [-0.4, -0.2) is 18.4 Å². The van der Waals surface area contributed by atoms with Gasteiger partial charge in [-0.05, 0) is 29.0 Å². The highest BCUT2D eigenvalue weighted by molar-refractivity contribution is 7.12. The number of carbonyl (C=O) groups excluding carboxylic acids is 2. The van der Waals surface area contributed by atoms with E-state index in [1.807, 2.05) is 55.8 Å². The summed E-state index contributed by atoms with van der Waals surface area (Å²) in [4.78, 5) is 26.1.